The van der Waals surface area contributed by atoms with Crippen LogP contribution in [0.5, 0.6) is 5.75 Å². The third kappa shape index (κ3) is 3.50. The first-order chi connectivity index (χ1) is 9.47. The number of ether oxygens (including phenoxy) is 1. The maximum absolute atomic E-state index is 13.7. The van der Waals surface area contributed by atoms with Crippen LogP contribution in [-0.4, -0.2) is 5.11 Å². The molecule has 0 aliphatic carbocycles. The minimum atomic E-state index is -0.638. The predicted molar refractivity (Wildman–Crippen MR) is 77.6 cm³/mol. The van der Waals surface area contributed by atoms with Crippen LogP contribution in [0.25, 0.3) is 0 Å². The van der Waals surface area contributed by atoms with Gasteiger partial charge < -0.3 is 9.84 Å². The van der Waals surface area contributed by atoms with Gasteiger partial charge in [0.05, 0.1) is 6.10 Å². The Balaban J connectivity index is 2.20. The highest BCUT2D eigenvalue weighted by Crippen LogP contribution is 2.27. The Kier molecular flexibility index (Phi) is 4.63. The molecular weight excluding hydrogens is 279 g/mol. The van der Waals surface area contributed by atoms with Gasteiger partial charge in [-0.25, -0.2) is 4.39 Å². The Morgan fingerprint density at radius 3 is 2.65 bits per heavy atom. The van der Waals surface area contributed by atoms with Gasteiger partial charge in [-0.15, -0.1) is 0 Å². The molecule has 2 aromatic rings. The summed E-state index contributed by atoms with van der Waals surface area (Å²) in [4.78, 5) is 0. The highest BCUT2D eigenvalue weighted by Gasteiger charge is 2.11. The van der Waals surface area contributed by atoms with E-state index in [0.717, 1.165) is 5.56 Å². The molecule has 0 amide bonds. The second kappa shape index (κ2) is 6.25. The van der Waals surface area contributed by atoms with Crippen molar-refractivity contribution >= 4 is 11.6 Å². The van der Waals surface area contributed by atoms with Crippen molar-refractivity contribution in [1.29, 1.82) is 0 Å². The molecule has 0 bridgehead atoms. The molecule has 0 saturated carbocycles. The minimum Gasteiger partial charge on any atom is -0.488 e. The van der Waals surface area contributed by atoms with Crippen LogP contribution in [-0.2, 0) is 6.61 Å². The van der Waals surface area contributed by atoms with Gasteiger partial charge in [0.2, 0.25) is 0 Å². The second-order valence-corrected chi connectivity index (χ2v) is 5.18. The van der Waals surface area contributed by atoms with Crippen molar-refractivity contribution in [1.82, 2.24) is 0 Å². The molecule has 20 heavy (non-hydrogen) atoms. The first kappa shape index (κ1) is 14.8. The van der Waals surface area contributed by atoms with Crippen LogP contribution < -0.4 is 4.74 Å². The summed E-state index contributed by atoms with van der Waals surface area (Å²) in [5.74, 6) is 0.165. The fraction of sp³-hybridized carbons (Fsp3) is 0.250. The molecule has 106 valence electrons. The summed E-state index contributed by atoms with van der Waals surface area (Å²) < 4.78 is 19.3. The predicted octanol–water partition coefficient (Wildman–Crippen LogP) is 4.42. The van der Waals surface area contributed by atoms with Gasteiger partial charge in [0.1, 0.15) is 18.2 Å². The zero-order chi connectivity index (χ0) is 14.7. The zero-order valence-corrected chi connectivity index (χ0v) is 12.1. The van der Waals surface area contributed by atoms with Gasteiger partial charge in [0.25, 0.3) is 0 Å². The third-order valence-electron chi connectivity index (χ3n) is 3.02. The maximum atomic E-state index is 13.7. The Bertz CT molecular complexity index is 611. The molecule has 0 spiro atoms. The summed E-state index contributed by atoms with van der Waals surface area (Å²) in [6, 6.07) is 10.0. The van der Waals surface area contributed by atoms with Crippen molar-refractivity contribution in [3.63, 3.8) is 0 Å². The normalized spacial score (nSPS) is 12.2. The average molecular weight is 295 g/mol. The van der Waals surface area contributed by atoms with E-state index >= 15 is 0 Å². The lowest BCUT2D eigenvalue weighted by molar-refractivity contribution is 0.190. The molecule has 0 heterocycles. The summed E-state index contributed by atoms with van der Waals surface area (Å²) in [6.07, 6.45) is -0.638. The maximum Gasteiger partial charge on any atom is 0.131 e. The van der Waals surface area contributed by atoms with Crippen LogP contribution in [0.15, 0.2) is 36.4 Å². The third-order valence-corrected chi connectivity index (χ3v) is 3.25. The number of aliphatic hydroxyl groups is 1. The largest absolute Gasteiger partial charge is 0.488 e. The number of rotatable bonds is 4. The summed E-state index contributed by atoms with van der Waals surface area (Å²) in [5, 5.41) is 10.1. The second-order valence-electron chi connectivity index (χ2n) is 4.74. The quantitative estimate of drug-likeness (QED) is 0.904. The van der Waals surface area contributed by atoms with Crippen LogP contribution in [0.2, 0.25) is 5.02 Å². The van der Waals surface area contributed by atoms with Crippen LogP contribution in [0, 0.1) is 12.7 Å². The van der Waals surface area contributed by atoms with E-state index in [0.29, 0.717) is 21.9 Å². The molecule has 2 nitrogen and oxygen atoms in total. The van der Waals surface area contributed by atoms with Crippen molar-refractivity contribution in [2.24, 2.45) is 0 Å². The van der Waals surface area contributed by atoms with Gasteiger partial charge in [0.15, 0.2) is 0 Å². The van der Waals surface area contributed by atoms with E-state index in [2.05, 4.69) is 0 Å². The number of hydrogen-bond donors (Lipinski definition) is 1. The minimum absolute atomic E-state index is 0.0895. The molecule has 0 aliphatic heterocycles. The molecule has 2 aromatic carbocycles. The first-order valence-corrected chi connectivity index (χ1v) is 6.70. The summed E-state index contributed by atoms with van der Waals surface area (Å²) in [7, 11) is 0. The number of benzene rings is 2. The fourth-order valence-corrected chi connectivity index (χ4v) is 2.06. The highest BCUT2D eigenvalue weighted by molar-refractivity contribution is 6.30. The highest BCUT2D eigenvalue weighted by atomic mass is 35.5. The molecule has 1 atom stereocenters. The van der Waals surface area contributed by atoms with E-state index in [1.54, 1.807) is 19.1 Å². The van der Waals surface area contributed by atoms with Gasteiger partial charge in [-0.05, 0) is 37.6 Å². The standard InChI is InChI=1S/C16H16ClFO2/c1-10-3-6-14(11(2)19)16(7-10)20-9-12-4-5-13(17)8-15(12)18/h3-8,11,19H,9H2,1-2H3/t11-/m0/s1. The molecule has 0 unspecified atom stereocenters. The van der Waals surface area contributed by atoms with E-state index in [1.807, 2.05) is 25.1 Å². The van der Waals surface area contributed by atoms with Crippen LogP contribution in [0.4, 0.5) is 4.39 Å². The lowest BCUT2D eigenvalue weighted by Crippen LogP contribution is -2.03. The van der Waals surface area contributed by atoms with Crippen molar-refractivity contribution in [3.05, 3.63) is 63.9 Å². The Hall–Kier alpha value is -1.58. The van der Waals surface area contributed by atoms with Gasteiger partial charge >= 0.3 is 0 Å². The number of halogens is 2. The average Bonchev–Trinajstić information content (AvgIpc) is 2.37. The molecule has 0 aliphatic rings. The van der Waals surface area contributed by atoms with Crippen molar-refractivity contribution in [3.8, 4) is 5.75 Å². The lowest BCUT2D eigenvalue weighted by Gasteiger charge is -2.14. The van der Waals surface area contributed by atoms with Crippen LogP contribution >= 0.6 is 11.6 Å². The number of aryl methyl sites for hydroxylation is 1. The Morgan fingerprint density at radius 1 is 1.25 bits per heavy atom. The van der Waals surface area contributed by atoms with E-state index in [-0.39, 0.29) is 6.61 Å². The smallest absolute Gasteiger partial charge is 0.131 e. The Morgan fingerprint density at radius 2 is 2.00 bits per heavy atom. The molecule has 0 saturated heterocycles. The van der Waals surface area contributed by atoms with Crippen molar-refractivity contribution in [2.45, 2.75) is 26.6 Å². The van der Waals surface area contributed by atoms with E-state index in [4.69, 9.17) is 16.3 Å². The topological polar surface area (TPSA) is 29.5 Å². The molecule has 1 N–H and O–H groups in total. The van der Waals surface area contributed by atoms with Gasteiger partial charge in [0, 0.05) is 16.1 Å². The van der Waals surface area contributed by atoms with Crippen LogP contribution in [0.3, 0.4) is 0 Å². The number of aliphatic hydroxyl groups excluding tert-OH is 1. The van der Waals surface area contributed by atoms with E-state index in [9.17, 15) is 9.50 Å². The molecular formula is C16H16ClFO2. The SMILES string of the molecule is Cc1ccc([C@H](C)O)c(OCc2ccc(Cl)cc2F)c1. The number of hydrogen-bond acceptors (Lipinski definition) is 2. The van der Waals surface area contributed by atoms with Crippen molar-refractivity contribution in [2.75, 3.05) is 0 Å². The van der Waals surface area contributed by atoms with Crippen LogP contribution in [0.1, 0.15) is 29.7 Å². The molecule has 0 radical (unpaired) electrons. The monoisotopic (exact) mass is 294 g/mol. The summed E-state index contributed by atoms with van der Waals surface area (Å²) >= 11 is 5.71. The molecule has 2 rings (SSSR count). The molecule has 0 aromatic heterocycles. The zero-order valence-electron chi connectivity index (χ0n) is 11.4. The first-order valence-electron chi connectivity index (χ1n) is 6.32. The molecule has 0 fully saturated rings. The van der Waals surface area contributed by atoms with Gasteiger partial charge in [-0.2, -0.15) is 0 Å². The summed E-state index contributed by atoms with van der Waals surface area (Å²) in [6.45, 7) is 3.69. The summed E-state index contributed by atoms with van der Waals surface area (Å²) in [5.41, 5.74) is 2.12. The van der Waals surface area contributed by atoms with E-state index < -0.39 is 11.9 Å². The Labute approximate surface area is 122 Å². The van der Waals surface area contributed by atoms with Crippen molar-refractivity contribution < 1.29 is 14.2 Å². The van der Waals surface area contributed by atoms with Gasteiger partial charge in [-0.3, -0.25) is 0 Å². The van der Waals surface area contributed by atoms with E-state index in [1.165, 1.54) is 6.07 Å². The molecule has 4 heteroatoms. The van der Waals surface area contributed by atoms with Gasteiger partial charge in [-0.1, -0.05) is 29.8 Å². The lowest BCUT2D eigenvalue weighted by atomic mass is 10.1. The fourth-order valence-electron chi connectivity index (χ4n) is 1.91.